The van der Waals surface area contributed by atoms with Crippen LogP contribution in [0.1, 0.15) is 32.4 Å². The third-order valence-corrected chi connectivity index (χ3v) is 4.94. The minimum Gasteiger partial charge on any atom is -0.309 e. The monoisotopic (exact) mass is 353 g/mol. The Bertz CT molecular complexity index is 401. The van der Waals surface area contributed by atoms with Crippen LogP contribution in [-0.4, -0.2) is 17.5 Å². The van der Waals surface area contributed by atoms with Crippen molar-refractivity contribution in [3.05, 3.63) is 33.0 Å². The van der Waals surface area contributed by atoms with Crippen LogP contribution in [0.4, 0.5) is 4.39 Å². The number of nitrogens with one attached hydrogen (secondary N) is 1. The summed E-state index contributed by atoms with van der Waals surface area (Å²) in [6.07, 6.45) is 0. The fourth-order valence-corrected chi connectivity index (χ4v) is 2.96. The van der Waals surface area contributed by atoms with E-state index >= 15 is 0 Å². The second-order valence-electron chi connectivity index (χ2n) is 4.26. The van der Waals surface area contributed by atoms with Crippen molar-refractivity contribution in [1.29, 1.82) is 0 Å². The normalized spacial score (nSPS) is 13.1. The van der Waals surface area contributed by atoms with E-state index in [1.807, 2.05) is 18.7 Å². The summed E-state index contributed by atoms with van der Waals surface area (Å²) in [4.78, 5) is 0. The molecule has 0 radical (unpaired) electrons. The zero-order valence-electron chi connectivity index (χ0n) is 10.8. The van der Waals surface area contributed by atoms with Crippen LogP contribution in [-0.2, 0) is 0 Å². The van der Waals surface area contributed by atoms with Gasteiger partial charge in [-0.3, -0.25) is 0 Å². The molecule has 0 saturated carbocycles. The maximum Gasteiger partial charge on any atom is 0.147 e. The zero-order chi connectivity index (χ0) is 13.7. The van der Waals surface area contributed by atoms with Crippen molar-refractivity contribution in [3.63, 3.8) is 0 Å². The minimum atomic E-state index is -0.332. The summed E-state index contributed by atoms with van der Waals surface area (Å²) in [7, 11) is 0. The van der Waals surface area contributed by atoms with Gasteiger partial charge in [-0.1, -0.05) is 38.4 Å². The first-order valence-corrected chi connectivity index (χ1v) is 8.17. The molecular formula is C13H18BrClFNS. The van der Waals surface area contributed by atoms with Gasteiger partial charge in [0.05, 0.1) is 5.02 Å². The quantitative estimate of drug-likeness (QED) is 0.719. The number of halogens is 3. The van der Waals surface area contributed by atoms with Crippen LogP contribution >= 0.6 is 39.3 Å². The van der Waals surface area contributed by atoms with Crippen LogP contribution in [0.25, 0.3) is 0 Å². The molecule has 102 valence electrons. The van der Waals surface area contributed by atoms with Crippen molar-refractivity contribution in [2.75, 3.05) is 12.3 Å². The highest BCUT2D eigenvalue weighted by Crippen LogP contribution is 2.32. The van der Waals surface area contributed by atoms with Crippen LogP contribution in [0.3, 0.4) is 0 Å². The van der Waals surface area contributed by atoms with Crippen molar-refractivity contribution in [2.45, 2.75) is 32.1 Å². The molecule has 0 aliphatic carbocycles. The van der Waals surface area contributed by atoms with Gasteiger partial charge in [0.2, 0.25) is 0 Å². The number of hydrogen-bond acceptors (Lipinski definition) is 2. The summed E-state index contributed by atoms with van der Waals surface area (Å²) in [5, 5.41) is 3.99. The summed E-state index contributed by atoms with van der Waals surface area (Å²) < 4.78 is 14.7. The van der Waals surface area contributed by atoms with Gasteiger partial charge in [-0.05, 0) is 33.8 Å². The highest BCUT2D eigenvalue weighted by atomic mass is 79.9. The van der Waals surface area contributed by atoms with Gasteiger partial charge in [-0.2, -0.15) is 11.8 Å². The smallest absolute Gasteiger partial charge is 0.147 e. The minimum absolute atomic E-state index is 0.00648. The molecule has 0 heterocycles. The first-order chi connectivity index (χ1) is 8.47. The first-order valence-electron chi connectivity index (χ1n) is 5.95. The van der Waals surface area contributed by atoms with E-state index in [1.165, 1.54) is 0 Å². The number of rotatable bonds is 6. The van der Waals surface area contributed by atoms with Gasteiger partial charge in [-0.25, -0.2) is 4.39 Å². The molecule has 0 aliphatic heterocycles. The molecule has 0 spiro atoms. The molecule has 1 unspecified atom stereocenters. The molecule has 18 heavy (non-hydrogen) atoms. The van der Waals surface area contributed by atoms with Crippen molar-refractivity contribution < 1.29 is 4.39 Å². The summed E-state index contributed by atoms with van der Waals surface area (Å²) in [6.45, 7) is 7.10. The van der Waals surface area contributed by atoms with Gasteiger partial charge < -0.3 is 5.32 Å². The predicted octanol–water partition coefficient (Wildman–Crippen LogP) is 5.03. The Hall–Kier alpha value is 0.230. The molecule has 0 aliphatic rings. The van der Waals surface area contributed by atoms with Crippen LogP contribution in [0.5, 0.6) is 0 Å². The second kappa shape index (κ2) is 7.73. The lowest BCUT2D eigenvalue weighted by atomic mass is 10.1. The topological polar surface area (TPSA) is 12.0 Å². The van der Waals surface area contributed by atoms with E-state index in [2.05, 4.69) is 35.1 Å². The molecule has 1 atom stereocenters. The second-order valence-corrected chi connectivity index (χ2v) is 7.10. The molecule has 1 N–H and O–H groups in total. The van der Waals surface area contributed by atoms with E-state index < -0.39 is 0 Å². The maximum atomic E-state index is 14.1. The third kappa shape index (κ3) is 4.41. The number of thioether (sulfide) groups is 1. The molecule has 1 nitrogen and oxygen atoms in total. The van der Waals surface area contributed by atoms with Crippen LogP contribution in [0.2, 0.25) is 5.02 Å². The summed E-state index contributed by atoms with van der Waals surface area (Å²) in [6, 6.07) is 3.58. The Morgan fingerprint density at radius 2 is 2.11 bits per heavy atom. The average molecular weight is 355 g/mol. The molecule has 0 saturated heterocycles. The largest absolute Gasteiger partial charge is 0.309 e. The number of benzene rings is 1. The summed E-state index contributed by atoms with van der Waals surface area (Å²) in [5.41, 5.74) is 0.637. The van der Waals surface area contributed by atoms with Crippen molar-refractivity contribution in [1.82, 2.24) is 5.32 Å². The third-order valence-electron chi connectivity index (χ3n) is 2.49. The van der Waals surface area contributed by atoms with Crippen LogP contribution in [0, 0.1) is 5.82 Å². The van der Waals surface area contributed by atoms with Gasteiger partial charge in [0.15, 0.2) is 0 Å². The van der Waals surface area contributed by atoms with Gasteiger partial charge in [0, 0.05) is 21.8 Å². The standard InChI is InChI=1S/C13H18BrClFNS/c1-4-17-11(7-18-8(2)3)9-5-6-10(14)12(15)13(9)16/h5-6,8,11,17H,4,7H2,1-3H3. The molecule has 0 aromatic heterocycles. The average Bonchev–Trinajstić information content (AvgIpc) is 2.32. The molecule has 0 amide bonds. The van der Waals surface area contributed by atoms with Crippen molar-refractivity contribution in [3.8, 4) is 0 Å². The molecule has 1 aromatic carbocycles. The van der Waals surface area contributed by atoms with Gasteiger partial charge in [0.1, 0.15) is 5.82 Å². The van der Waals surface area contributed by atoms with E-state index in [9.17, 15) is 4.39 Å². The molecular weight excluding hydrogens is 337 g/mol. The van der Waals surface area contributed by atoms with E-state index in [0.717, 1.165) is 12.3 Å². The van der Waals surface area contributed by atoms with E-state index in [1.54, 1.807) is 12.1 Å². The van der Waals surface area contributed by atoms with Gasteiger partial charge in [0.25, 0.3) is 0 Å². The fourth-order valence-electron chi connectivity index (χ4n) is 1.60. The first kappa shape index (κ1) is 16.3. The van der Waals surface area contributed by atoms with Gasteiger partial charge in [-0.15, -0.1) is 0 Å². The maximum absolute atomic E-state index is 14.1. The lowest BCUT2D eigenvalue weighted by Gasteiger charge is -2.20. The fraction of sp³-hybridized carbons (Fsp3) is 0.538. The van der Waals surface area contributed by atoms with Crippen LogP contribution in [0.15, 0.2) is 16.6 Å². The highest BCUT2D eigenvalue weighted by Gasteiger charge is 2.18. The van der Waals surface area contributed by atoms with Crippen molar-refractivity contribution >= 4 is 39.3 Å². The highest BCUT2D eigenvalue weighted by molar-refractivity contribution is 9.10. The predicted molar refractivity (Wildman–Crippen MR) is 83.1 cm³/mol. The molecule has 1 rings (SSSR count). The van der Waals surface area contributed by atoms with Crippen LogP contribution < -0.4 is 5.32 Å². The molecule has 0 bridgehead atoms. The lowest BCUT2D eigenvalue weighted by Crippen LogP contribution is -2.24. The lowest BCUT2D eigenvalue weighted by molar-refractivity contribution is 0.545. The Labute approximate surface area is 126 Å². The SMILES string of the molecule is CCNC(CSC(C)C)c1ccc(Br)c(Cl)c1F. The molecule has 0 fully saturated rings. The Kier molecular flexibility index (Phi) is 6.99. The summed E-state index contributed by atoms with van der Waals surface area (Å²) in [5.74, 6) is 0.502. The number of hydrogen-bond donors (Lipinski definition) is 1. The zero-order valence-corrected chi connectivity index (χ0v) is 13.9. The summed E-state index contributed by atoms with van der Waals surface area (Å²) >= 11 is 11.0. The van der Waals surface area contributed by atoms with Gasteiger partial charge >= 0.3 is 0 Å². The Morgan fingerprint density at radius 1 is 1.44 bits per heavy atom. The molecule has 1 aromatic rings. The van der Waals surface area contributed by atoms with E-state index in [0.29, 0.717) is 15.3 Å². The Balaban J connectivity index is 2.94. The van der Waals surface area contributed by atoms with Crippen molar-refractivity contribution in [2.24, 2.45) is 0 Å². The molecule has 5 heteroatoms. The van der Waals surface area contributed by atoms with E-state index in [4.69, 9.17) is 11.6 Å². The van der Waals surface area contributed by atoms with E-state index in [-0.39, 0.29) is 16.9 Å². The Morgan fingerprint density at radius 3 is 2.67 bits per heavy atom.